The first-order valence-electron chi connectivity index (χ1n) is 9.08. The van der Waals surface area contributed by atoms with E-state index in [0.29, 0.717) is 31.2 Å². The minimum atomic E-state index is -0.264. The Balaban J connectivity index is 1.75. The van der Waals surface area contributed by atoms with Crippen LogP contribution in [-0.2, 0) is 10.2 Å². The third-order valence-corrected chi connectivity index (χ3v) is 5.07. The third-order valence-electron chi connectivity index (χ3n) is 5.07. The molecule has 1 saturated heterocycles. The molecule has 0 spiro atoms. The fourth-order valence-electron chi connectivity index (χ4n) is 3.55. The Morgan fingerprint density at radius 3 is 2.33 bits per heavy atom. The lowest BCUT2D eigenvalue weighted by Crippen LogP contribution is -2.45. The van der Waals surface area contributed by atoms with Crippen LogP contribution in [-0.4, -0.2) is 40.0 Å². The molecule has 1 fully saturated rings. The highest BCUT2D eigenvalue weighted by Crippen LogP contribution is 2.39. The van der Waals surface area contributed by atoms with Crippen molar-refractivity contribution in [2.24, 2.45) is 0 Å². The maximum atomic E-state index is 12.5. The molecule has 1 aliphatic rings. The van der Waals surface area contributed by atoms with Gasteiger partial charge in [0.1, 0.15) is 11.5 Å². The number of anilines is 1. The average Bonchev–Trinajstić information content (AvgIpc) is 2.73. The first kappa shape index (κ1) is 19.0. The zero-order valence-electron chi connectivity index (χ0n) is 15.8. The number of hydrogen-bond acceptors (Lipinski definition) is 4. The SMILES string of the molecule is COc1ccccc1NC(=O)NCC1(c2ccccc2OC)CCOCC1. The van der Waals surface area contributed by atoms with E-state index in [1.165, 1.54) is 0 Å². The number of urea groups is 1. The Labute approximate surface area is 159 Å². The quantitative estimate of drug-likeness (QED) is 0.816. The zero-order valence-corrected chi connectivity index (χ0v) is 15.8. The number of hydrogen-bond donors (Lipinski definition) is 2. The van der Waals surface area contributed by atoms with E-state index in [1.807, 2.05) is 42.5 Å². The highest BCUT2D eigenvalue weighted by Gasteiger charge is 2.37. The van der Waals surface area contributed by atoms with Gasteiger partial charge in [-0.2, -0.15) is 0 Å². The molecule has 0 unspecified atom stereocenters. The molecule has 1 heterocycles. The Morgan fingerprint density at radius 2 is 1.63 bits per heavy atom. The summed E-state index contributed by atoms with van der Waals surface area (Å²) >= 11 is 0. The van der Waals surface area contributed by atoms with Gasteiger partial charge in [-0.25, -0.2) is 4.79 Å². The Hall–Kier alpha value is -2.73. The second-order valence-electron chi connectivity index (χ2n) is 6.60. The van der Waals surface area contributed by atoms with Gasteiger partial charge in [-0.1, -0.05) is 30.3 Å². The number of amides is 2. The minimum absolute atomic E-state index is 0.219. The number of ether oxygens (including phenoxy) is 3. The summed E-state index contributed by atoms with van der Waals surface area (Å²) in [4.78, 5) is 12.5. The van der Waals surface area contributed by atoms with Crippen LogP contribution < -0.4 is 20.1 Å². The molecule has 6 heteroatoms. The van der Waals surface area contributed by atoms with Gasteiger partial charge < -0.3 is 24.8 Å². The van der Waals surface area contributed by atoms with E-state index in [9.17, 15) is 4.79 Å². The average molecular weight is 370 g/mol. The van der Waals surface area contributed by atoms with Crippen LogP contribution in [0.2, 0.25) is 0 Å². The zero-order chi connectivity index (χ0) is 19.1. The van der Waals surface area contributed by atoms with Gasteiger partial charge in [0.25, 0.3) is 0 Å². The van der Waals surface area contributed by atoms with Crippen LogP contribution in [0.1, 0.15) is 18.4 Å². The lowest BCUT2D eigenvalue weighted by Gasteiger charge is -2.38. The van der Waals surface area contributed by atoms with E-state index < -0.39 is 0 Å². The summed E-state index contributed by atoms with van der Waals surface area (Å²) < 4.78 is 16.4. The molecule has 2 N–H and O–H groups in total. The van der Waals surface area contributed by atoms with E-state index in [-0.39, 0.29) is 11.4 Å². The standard InChI is InChI=1S/C21H26N2O4/c1-25-18-9-5-3-7-16(18)21(11-13-27-14-12-21)15-22-20(24)23-17-8-4-6-10-19(17)26-2/h3-10H,11-15H2,1-2H3,(H2,22,23,24). The largest absolute Gasteiger partial charge is 0.496 e. The maximum absolute atomic E-state index is 12.5. The molecular formula is C21H26N2O4. The van der Waals surface area contributed by atoms with Crippen molar-refractivity contribution in [2.45, 2.75) is 18.3 Å². The van der Waals surface area contributed by atoms with Crippen LogP contribution in [0.15, 0.2) is 48.5 Å². The Morgan fingerprint density at radius 1 is 1.00 bits per heavy atom. The molecule has 27 heavy (non-hydrogen) atoms. The second kappa shape index (κ2) is 8.77. The Bertz CT molecular complexity index is 772. The number of carbonyl (C=O) groups is 1. The number of methoxy groups -OCH3 is 2. The summed E-state index contributed by atoms with van der Waals surface area (Å²) in [6, 6.07) is 15.1. The topological polar surface area (TPSA) is 68.8 Å². The summed E-state index contributed by atoms with van der Waals surface area (Å²) in [5.41, 5.74) is 1.52. The van der Waals surface area contributed by atoms with Crippen molar-refractivity contribution in [3.05, 3.63) is 54.1 Å². The molecule has 6 nitrogen and oxygen atoms in total. The summed E-state index contributed by atoms with van der Waals surface area (Å²) in [7, 11) is 3.25. The molecule has 2 aromatic carbocycles. The van der Waals surface area contributed by atoms with Gasteiger partial charge in [0.05, 0.1) is 19.9 Å². The predicted molar refractivity (Wildman–Crippen MR) is 105 cm³/mol. The van der Waals surface area contributed by atoms with Crippen LogP contribution in [0, 0.1) is 0 Å². The molecule has 0 atom stereocenters. The first-order valence-corrected chi connectivity index (χ1v) is 9.08. The highest BCUT2D eigenvalue weighted by atomic mass is 16.5. The molecule has 0 aliphatic carbocycles. The number of para-hydroxylation sites is 3. The van der Waals surface area contributed by atoms with Crippen LogP contribution >= 0.6 is 0 Å². The van der Waals surface area contributed by atoms with Gasteiger partial charge in [0.15, 0.2) is 0 Å². The van der Waals surface area contributed by atoms with Gasteiger partial charge in [-0.3, -0.25) is 0 Å². The lowest BCUT2D eigenvalue weighted by atomic mass is 9.73. The van der Waals surface area contributed by atoms with Crippen molar-refractivity contribution >= 4 is 11.7 Å². The molecule has 0 aromatic heterocycles. The van der Waals surface area contributed by atoms with E-state index in [1.54, 1.807) is 14.2 Å². The van der Waals surface area contributed by atoms with Crippen LogP contribution in [0.25, 0.3) is 0 Å². The van der Waals surface area contributed by atoms with Gasteiger partial charge in [-0.05, 0) is 31.0 Å². The molecule has 3 rings (SSSR count). The van der Waals surface area contributed by atoms with E-state index in [0.717, 1.165) is 24.2 Å². The highest BCUT2D eigenvalue weighted by molar-refractivity contribution is 5.91. The molecular weight excluding hydrogens is 344 g/mol. The van der Waals surface area contributed by atoms with Crippen molar-refractivity contribution in [2.75, 3.05) is 39.3 Å². The van der Waals surface area contributed by atoms with Crippen LogP contribution in [0.3, 0.4) is 0 Å². The summed E-state index contributed by atoms with van der Waals surface area (Å²) in [6.07, 6.45) is 1.64. The van der Waals surface area contributed by atoms with E-state index in [2.05, 4.69) is 16.7 Å². The fraction of sp³-hybridized carbons (Fsp3) is 0.381. The molecule has 2 amide bonds. The second-order valence-corrected chi connectivity index (χ2v) is 6.60. The molecule has 0 saturated carbocycles. The van der Waals surface area contributed by atoms with Crippen molar-refractivity contribution in [1.82, 2.24) is 5.32 Å². The van der Waals surface area contributed by atoms with Crippen molar-refractivity contribution in [3.8, 4) is 11.5 Å². The van der Waals surface area contributed by atoms with Crippen molar-refractivity contribution in [3.63, 3.8) is 0 Å². The molecule has 0 bridgehead atoms. The molecule has 144 valence electrons. The van der Waals surface area contributed by atoms with Crippen LogP contribution in [0.5, 0.6) is 11.5 Å². The number of carbonyl (C=O) groups excluding carboxylic acids is 1. The van der Waals surface area contributed by atoms with Crippen LogP contribution in [0.4, 0.5) is 10.5 Å². The van der Waals surface area contributed by atoms with Crippen molar-refractivity contribution < 1.29 is 19.0 Å². The maximum Gasteiger partial charge on any atom is 0.319 e. The van der Waals surface area contributed by atoms with Gasteiger partial charge in [0.2, 0.25) is 0 Å². The van der Waals surface area contributed by atoms with Gasteiger partial charge in [0, 0.05) is 30.7 Å². The molecule has 0 radical (unpaired) electrons. The lowest BCUT2D eigenvalue weighted by molar-refractivity contribution is 0.0500. The van der Waals surface area contributed by atoms with E-state index >= 15 is 0 Å². The normalized spacial score (nSPS) is 15.6. The monoisotopic (exact) mass is 370 g/mol. The van der Waals surface area contributed by atoms with Gasteiger partial charge >= 0.3 is 6.03 Å². The van der Waals surface area contributed by atoms with Gasteiger partial charge in [-0.15, -0.1) is 0 Å². The Kier molecular flexibility index (Phi) is 6.19. The predicted octanol–water partition coefficient (Wildman–Crippen LogP) is 3.57. The third kappa shape index (κ3) is 4.34. The summed E-state index contributed by atoms with van der Waals surface area (Å²) in [6.45, 7) is 1.82. The molecule has 1 aliphatic heterocycles. The summed E-state index contributed by atoms with van der Waals surface area (Å²) in [5, 5.41) is 5.89. The molecule has 2 aromatic rings. The minimum Gasteiger partial charge on any atom is -0.496 e. The smallest absolute Gasteiger partial charge is 0.319 e. The van der Waals surface area contributed by atoms with Crippen molar-refractivity contribution in [1.29, 1.82) is 0 Å². The number of nitrogens with one attached hydrogen (secondary N) is 2. The number of rotatable bonds is 6. The number of benzene rings is 2. The summed E-state index contributed by atoms with van der Waals surface area (Å²) in [5.74, 6) is 1.46. The van der Waals surface area contributed by atoms with E-state index in [4.69, 9.17) is 14.2 Å². The fourth-order valence-corrected chi connectivity index (χ4v) is 3.55. The first-order chi connectivity index (χ1) is 13.2.